The molecule has 1 saturated carbocycles. The summed E-state index contributed by atoms with van der Waals surface area (Å²) in [7, 11) is 0. The summed E-state index contributed by atoms with van der Waals surface area (Å²) < 4.78 is 5.61. The molecule has 1 aromatic heterocycles. The molecule has 142 valence electrons. The fraction of sp³-hybridized carbons (Fsp3) is 0.524. The lowest BCUT2D eigenvalue weighted by Crippen LogP contribution is -2.34. The molecular weight excluding hydrogens is 342 g/mol. The number of hydrogen-bond acceptors (Lipinski definition) is 4. The van der Waals surface area contributed by atoms with Gasteiger partial charge in [-0.1, -0.05) is 42.4 Å². The first-order valence-corrected chi connectivity index (χ1v) is 9.92. The molecule has 6 nitrogen and oxygen atoms in total. The number of fused-ring (bicyclic) bond motifs is 2. The van der Waals surface area contributed by atoms with Crippen LogP contribution in [0.25, 0.3) is 0 Å². The average molecular weight is 367 g/mol. The number of urea groups is 1. The van der Waals surface area contributed by atoms with E-state index in [9.17, 15) is 4.79 Å². The number of aromatic nitrogens is 1. The van der Waals surface area contributed by atoms with E-state index in [0.29, 0.717) is 19.1 Å². The van der Waals surface area contributed by atoms with Crippen LogP contribution in [0.5, 0.6) is 0 Å². The minimum absolute atomic E-state index is 0.00549. The molecule has 1 aromatic carbocycles. The minimum atomic E-state index is -0.0553. The Hall–Kier alpha value is -2.34. The van der Waals surface area contributed by atoms with Gasteiger partial charge in [-0.3, -0.25) is 4.84 Å². The second kappa shape index (κ2) is 6.68. The number of rotatable bonds is 5. The molecule has 0 spiro atoms. The molecule has 2 bridgehead atoms. The zero-order valence-corrected chi connectivity index (χ0v) is 15.6. The van der Waals surface area contributed by atoms with Crippen molar-refractivity contribution in [3.05, 3.63) is 53.4 Å². The molecule has 2 saturated heterocycles. The van der Waals surface area contributed by atoms with Crippen LogP contribution in [0.4, 0.5) is 4.79 Å². The standard InChI is InChI=1S/C21H25N3O3/c1-14-9-16(10-14)20-11-18(22-27-20)19-8-7-17-12-23(19)21(25)24(17)26-13-15-5-3-2-4-6-15/h2-6,11,14,16-17,19H,7-10,12-13H2,1H3/t14-,16+,17-,19+/m1/s1. The summed E-state index contributed by atoms with van der Waals surface area (Å²) in [5.74, 6) is 2.25. The van der Waals surface area contributed by atoms with Crippen LogP contribution in [-0.4, -0.2) is 33.7 Å². The van der Waals surface area contributed by atoms with Gasteiger partial charge in [0, 0.05) is 18.5 Å². The van der Waals surface area contributed by atoms with Gasteiger partial charge in [-0.25, -0.2) is 4.79 Å². The fourth-order valence-electron chi connectivity index (χ4n) is 4.61. The predicted octanol–water partition coefficient (Wildman–Crippen LogP) is 4.26. The Kier molecular flexibility index (Phi) is 4.16. The Morgan fingerprint density at radius 2 is 2.04 bits per heavy atom. The highest BCUT2D eigenvalue weighted by atomic mass is 16.7. The van der Waals surface area contributed by atoms with Gasteiger partial charge in [0.2, 0.25) is 0 Å². The Balaban J connectivity index is 1.26. The molecule has 27 heavy (non-hydrogen) atoms. The Morgan fingerprint density at radius 3 is 2.81 bits per heavy atom. The predicted molar refractivity (Wildman–Crippen MR) is 98.6 cm³/mol. The molecule has 3 heterocycles. The highest BCUT2D eigenvalue weighted by Gasteiger charge is 2.47. The smallest absolute Gasteiger partial charge is 0.344 e. The summed E-state index contributed by atoms with van der Waals surface area (Å²) in [6.45, 7) is 3.37. The lowest BCUT2D eigenvalue weighted by Gasteiger charge is -2.30. The highest BCUT2D eigenvalue weighted by Crippen LogP contribution is 2.43. The number of hydrogen-bond donors (Lipinski definition) is 0. The molecule has 6 heteroatoms. The van der Waals surface area contributed by atoms with Crippen LogP contribution in [0.15, 0.2) is 40.9 Å². The van der Waals surface area contributed by atoms with Gasteiger partial charge in [0.05, 0.1) is 12.1 Å². The minimum Gasteiger partial charge on any atom is -0.361 e. The maximum Gasteiger partial charge on any atom is 0.344 e. The van der Waals surface area contributed by atoms with Crippen molar-refractivity contribution in [2.45, 2.75) is 57.2 Å². The van der Waals surface area contributed by atoms with Crippen molar-refractivity contribution in [1.29, 1.82) is 0 Å². The van der Waals surface area contributed by atoms with E-state index in [1.807, 2.05) is 35.2 Å². The van der Waals surface area contributed by atoms with Crippen LogP contribution in [0, 0.1) is 5.92 Å². The molecule has 0 radical (unpaired) electrons. The van der Waals surface area contributed by atoms with E-state index < -0.39 is 0 Å². The van der Waals surface area contributed by atoms with Crippen LogP contribution in [-0.2, 0) is 11.4 Å². The topological polar surface area (TPSA) is 58.8 Å². The van der Waals surface area contributed by atoms with Crippen molar-refractivity contribution in [2.24, 2.45) is 5.92 Å². The summed E-state index contributed by atoms with van der Waals surface area (Å²) in [6, 6.07) is 12.1. The molecule has 2 aliphatic heterocycles. The number of benzene rings is 1. The first kappa shape index (κ1) is 16.8. The van der Waals surface area contributed by atoms with E-state index in [1.165, 1.54) is 12.8 Å². The van der Waals surface area contributed by atoms with Crippen LogP contribution in [0.3, 0.4) is 0 Å². The normalized spacial score (nSPS) is 29.9. The molecular formula is C21H25N3O3. The quantitative estimate of drug-likeness (QED) is 0.792. The Bertz CT molecular complexity index is 815. The maximum atomic E-state index is 12.9. The van der Waals surface area contributed by atoms with Gasteiger partial charge in [0.1, 0.15) is 18.1 Å². The van der Waals surface area contributed by atoms with Crippen molar-refractivity contribution in [3.63, 3.8) is 0 Å². The lowest BCUT2D eigenvalue weighted by atomic mass is 9.75. The third kappa shape index (κ3) is 3.02. The maximum absolute atomic E-state index is 12.9. The van der Waals surface area contributed by atoms with Crippen LogP contribution < -0.4 is 0 Å². The van der Waals surface area contributed by atoms with Gasteiger partial charge < -0.3 is 9.42 Å². The lowest BCUT2D eigenvalue weighted by molar-refractivity contribution is -0.140. The SMILES string of the molecule is C[C@H]1C[C@@H](c2cc([C@@H]3CC[C@@H]4CN3C(=O)N4OCc3ccccc3)no2)C1. The van der Waals surface area contributed by atoms with Crippen molar-refractivity contribution in [3.8, 4) is 0 Å². The van der Waals surface area contributed by atoms with E-state index in [4.69, 9.17) is 9.36 Å². The Labute approximate surface area is 159 Å². The monoisotopic (exact) mass is 367 g/mol. The van der Waals surface area contributed by atoms with Crippen molar-refractivity contribution < 1.29 is 14.2 Å². The summed E-state index contributed by atoms with van der Waals surface area (Å²) in [4.78, 5) is 20.7. The van der Waals surface area contributed by atoms with Gasteiger partial charge in [0.25, 0.3) is 0 Å². The fourth-order valence-corrected chi connectivity index (χ4v) is 4.61. The van der Waals surface area contributed by atoms with Gasteiger partial charge in [0.15, 0.2) is 0 Å². The second-order valence-electron chi connectivity index (χ2n) is 8.19. The van der Waals surface area contributed by atoms with Gasteiger partial charge in [-0.15, -0.1) is 0 Å². The average Bonchev–Trinajstić information content (AvgIpc) is 3.23. The molecule has 2 atom stereocenters. The molecule has 2 amide bonds. The molecule has 3 aliphatic rings. The van der Waals surface area contributed by atoms with Crippen molar-refractivity contribution >= 4 is 6.03 Å². The number of carbonyl (C=O) groups excluding carboxylic acids is 1. The number of piperidine rings is 1. The van der Waals surface area contributed by atoms with E-state index in [-0.39, 0.29) is 18.1 Å². The largest absolute Gasteiger partial charge is 0.361 e. The summed E-state index contributed by atoms with van der Waals surface area (Å²) in [6.07, 6.45) is 4.16. The van der Waals surface area contributed by atoms with Crippen molar-refractivity contribution in [2.75, 3.05) is 6.54 Å². The second-order valence-corrected chi connectivity index (χ2v) is 8.19. The van der Waals surface area contributed by atoms with E-state index >= 15 is 0 Å². The number of amides is 2. The highest BCUT2D eigenvalue weighted by molar-refractivity contribution is 5.77. The summed E-state index contributed by atoms with van der Waals surface area (Å²) in [5, 5.41) is 5.88. The summed E-state index contributed by atoms with van der Waals surface area (Å²) in [5.41, 5.74) is 1.95. The van der Waals surface area contributed by atoms with Gasteiger partial charge in [-0.05, 0) is 37.2 Å². The molecule has 0 N–H and O–H groups in total. The Morgan fingerprint density at radius 1 is 1.22 bits per heavy atom. The first-order valence-electron chi connectivity index (χ1n) is 9.92. The van der Waals surface area contributed by atoms with E-state index in [2.05, 4.69) is 18.1 Å². The molecule has 5 rings (SSSR count). The van der Waals surface area contributed by atoms with E-state index in [0.717, 1.165) is 35.8 Å². The molecule has 1 aliphatic carbocycles. The number of nitrogens with zero attached hydrogens (tertiary/aromatic N) is 3. The van der Waals surface area contributed by atoms with Crippen LogP contribution >= 0.6 is 0 Å². The van der Waals surface area contributed by atoms with Gasteiger partial charge in [-0.2, -0.15) is 5.06 Å². The van der Waals surface area contributed by atoms with E-state index in [1.54, 1.807) is 5.06 Å². The summed E-state index contributed by atoms with van der Waals surface area (Å²) >= 11 is 0. The third-order valence-corrected chi connectivity index (χ3v) is 6.20. The number of carbonyl (C=O) groups is 1. The first-order chi connectivity index (χ1) is 13.2. The van der Waals surface area contributed by atoms with Gasteiger partial charge >= 0.3 is 6.03 Å². The zero-order chi connectivity index (χ0) is 18.4. The number of hydroxylamine groups is 2. The molecule has 3 fully saturated rings. The molecule has 2 aromatic rings. The zero-order valence-electron chi connectivity index (χ0n) is 15.6. The molecule has 0 unspecified atom stereocenters. The third-order valence-electron chi connectivity index (χ3n) is 6.20. The van der Waals surface area contributed by atoms with Crippen LogP contribution in [0.2, 0.25) is 0 Å². The van der Waals surface area contributed by atoms with Crippen LogP contribution in [0.1, 0.15) is 61.6 Å². The van der Waals surface area contributed by atoms with Crippen molar-refractivity contribution in [1.82, 2.24) is 15.1 Å².